The summed E-state index contributed by atoms with van der Waals surface area (Å²) in [6.45, 7) is 2.77. The number of nitrogens with zero attached hydrogens (tertiary/aromatic N) is 6. The molecule has 0 spiro atoms. The Morgan fingerprint density at radius 1 is 0.625 bits per heavy atom. The SMILES string of the molecule is CCc1ccc2nn(Cc3ccc(Cl)c(Cl)c3)c(=O)n2c1.O=C=O.O=C=O.O=c1n(Cc2ccc(Cl)c(Cl)c2)nc2ccccn12.[Li+].[OH-]. The molecule has 0 radical (unpaired) electrons. The molecule has 0 saturated heterocycles. The van der Waals surface area contributed by atoms with Gasteiger partial charge in [-0.3, -0.25) is 8.80 Å². The van der Waals surface area contributed by atoms with Gasteiger partial charge in [-0.05, 0) is 65.6 Å². The molecule has 6 rings (SSSR count). The number of benzene rings is 2. The quantitative estimate of drug-likeness (QED) is 0.240. The summed E-state index contributed by atoms with van der Waals surface area (Å²) in [5.41, 5.74) is 3.77. The van der Waals surface area contributed by atoms with Crippen LogP contribution in [-0.4, -0.2) is 46.1 Å². The molecule has 0 unspecified atom stereocenters. The Bertz CT molecular complexity index is 2160. The van der Waals surface area contributed by atoms with Crippen LogP contribution in [-0.2, 0) is 38.7 Å². The Labute approximate surface area is 303 Å². The number of hydrogen-bond acceptors (Lipinski definition) is 9. The summed E-state index contributed by atoms with van der Waals surface area (Å²) in [4.78, 5) is 56.9. The number of rotatable bonds is 5. The molecule has 6 aromatic rings. The van der Waals surface area contributed by atoms with Crippen LogP contribution in [0.1, 0.15) is 23.6 Å². The van der Waals surface area contributed by atoms with E-state index in [2.05, 4.69) is 10.2 Å². The molecular formula is C30H23Cl4LiN6O7. The van der Waals surface area contributed by atoms with Gasteiger partial charge in [-0.15, -0.1) is 10.2 Å². The van der Waals surface area contributed by atoms with Gasteiger partial charge in [-0.1, -0.05) is 77.6 Å². The zero-order valence-electron chi connectivity index (χ0n) is 25.2. The van der Waals surface area contributed by atoms with E-state index in [0.717, 1.165) is 23.1 Å². The molecule has 0 atom stereocenters. The molecule has 2 aromatic carbocycles. The summed E-state index contributed by atoms with van der Waals surface area (Å²) in [5.74, 6) is 0. The van der Waals surface area contributed by atoms with Crippen molar-refractivity contribution in [3.63, 3.8) is 0 Å². The number of pyridine rings is 2. The van der Waals surface area contributed by atoms with Crippen LogP contribution in [0.5, 0.6) is 0 Å². The molecule has 13 nitrogen and oxygen atoms in total. The van der Waals surface area contributed by atoms with Crippen molar-refractivity contribution in [1.29, 1.82) is 0 Å². The monoisotopic (exact) mass is 726 g/mol. The Balaban J connectivity index is 0.000000400. The van der Waals surface area contributed by atoms with E-state index in [4.69, 9.17) is 65.6 Å². The molecular weight excluding hydrogens is 705 g/mol. The van der Waals surface area contributed by atoms with Crippen LogP contribution in [0.25, 0.3) is 11.3 Å². The minimum absolute atomic E-state index is 0. The first kappa shape index (κ1) is 41.8. The van der Waals surface area contributed by atoms with Crippen LogP contribution in [0, 0.1) is 0 Å². The number of halogens is 4. The Kier molecular flexibility index (Phi) is 17.6. The predicted molar refractivity (Wildman–Crippen MR) is 171 cm³/mol. The van der Waals surface area contributed by atoms with Crippen molar-refractivity contribution < 1.29 is 43.5 Å². The topological polar surface area (TPSA) is 177 Å². The van der Waals surface area contributed by atoms with E-state index < -0.39 is 0 Å². The van der Waals surface area contributed by atoms with Crippen LogP contribution in [0.4, 0.5) is 0 Å². The second-order valence-electron chi connectivity index (χ2n) is 9.09. The van der Waals surface area contributed by atoms with Crippen LogP contribution in [0.2, 0.25) is 20.1 Å². The fourth-order valence-corrected chi connectivity index (χ4v) is 4.71. The van der Waals surface area contributed by atoms with Gasteiger partial charge >= 0.3 is 42.5 Å². The molecule has 0 bridgehead atoms. The predicted octanol–water partition coefficient (Wildman–Crippen LogP) is 1.92. The average molecular weight is 728 g/mol. The molecule has 244 valence electrons. The fourth-order valence-electron chi connectivity index (χ4n) is 4.07. The summed E-state index contributed by atoms with van der Waals surface area (Å²) in [6.07, 6.45) is 4.90. The number of carbonyl (C=O) groups excluding carboxylic acids is 4. The zero-order chi connectivity index (χ0) is 33.8. The molecule has 4 heterocycles. The Morgan fingerprint density at radius 3 is 1.50 bits per heavy atom. The second-order valence-corrected chi connectivity index (χ2v) is 10.7. The maximum absolute atomic E-state index is 12.4. The molecule has 1 N–H and O–H groups in total. The van der Waals surface area contributed by atoms with Crippen molar-refractivity contribution >= 4 is 70.0 Å². The number of aromatic nitrogens is 6. The van der Waals surface area contributed by atoms with Crippen molar-refractivity contribution in [2.24, 2.45) is 0 Å². The first-order valence-electron chi connectivity index (χ1n) is 13.1. The fraction of sp³-hybridized carbons (Fsp3) is 0.133. The molecule has 18 heteroatoms. The minimum atomic E-state index is -0.179. The molecule has 48 heavy (non-hydrogen) atoms. The third kappa shape index (κ3) is 10.9. The van der Waals surface area contributed by atoms with E-state index in [0.29, 0.717) is 44.5 Å². The smallest absolute Gasteiger partial charge is 0.870 e. The summed E-state index contributed by atoms with van der Waals surface area (Å²) in [6, 6.07) is 19.8. The molecule has 4 aromatic heterocycles. The zero-order valence-corrected chi connectivity index (χ0v) is 28.2. The van der Waals surface area contributed by atoms with Crippen LogP contribution in [0.15, 0.2) is 88.7 Å². The molecule has 0 saturated carbocycles. The van der Waals surface area contributed by atoms with Crippen molar-refractivity contribution in [1.82, 2.24) is 28.4 Å². The van der Waals surface area contributed by atoms with E-state index >= 15 is 0 Å². The van der Waals surface area contributed by atoms with Crippen molar-refractivity contribution in [2.45, 2.75) is 26.4 Å². The van der Waals surface area contributed by atoms with E-state index in [-0.39, 0.29) is 48.0 Å². The van der Waals surface area contributed by atoms with Gasteiger partial charge in [0.1, 0.15) is 0 Å². The largest absolute Gasteiger partial charge is 1.00 e. The Morgan fingerprint density at radius 2 is 1.06 bits per heavy atom. The third-order valence-electron chi connectivity index (χ3n) is 6.17. The summed E-state index contributed by atoms with van der Waals surface area (Å²) in [7, 11) is 0. The number of fused-ring (bicyclic) bond motifs is 2. The van der Waals surface area contributed by atoms with Gasteiger partial charge in [0.25, 0.3) is 0 Å². The first-order chi connectivity index (χ1) is 22.1. The number of hydrogen-bond donors (Lipinski definition) is 0. The van der Waals surface area contributed by atoms with Crippen LogP contribution in [0.3, 0.4) is 0 Å². The standard InChI is InChI=1S/C15H13Cl2N3O.C13H9Cl2N3O.2CO2.Li.H2O/c1-2-10-4-6-14-18-20(15(21)19(14)8-10)9-11-3-5-12(16)13(17)7-11;14-10-5-4-9(7-11(10)15)8-18-13(19)17-6-2-1-3-12(17)16-18;2*2-1-3;;/h3-8H,2,9H2,1H3;1-7H,8H2;;;;1H2/q;;;;+1;/p-1. The van der Waals surface area contributed by atoms with Gasteiger partial charge in [0.15, 0.2) is 11.3 Å². The third-order valence-corrected chi connectivity index (χ3v) is 7.65. The maximum atomic E-state index is 12.4. The normalized spacial score (nSPS) is 9.60. The van der Waals surface area contributed by atoms with Crippen molar-refractivity contribution in [3.05, 3.63) is 137 Å². The minimum Gasteiger partial charge on any atom is -0.870 e. The molecule has 0 aliphatic rings. The summed E-state index contributed by atoms with van der Waals surface area (Å²) >= 11 is 23.7. The van der Waals surface area contributed by atoms with Gasteiger partial charge < -0.3 is 5.48 Å². The Hall–Kier alpha value is -4.24. The van der Waals surface area contributed by atoms with Gasteiger partial charge in [0.05, 0.1) is 33.2 Å². The van der Waals surface area contributed by atoms with E-state index in [1.807, 2.05) is 43.5 Å². The summed E-state index contributed by atoms with van der Waals surface area (Å²) < 4.78 is 5.89. The molecule has 0 fully saturated rings. The van der Waals surface area contributed by atoms with E-state index in [1.165, 1.54) is 13.8 Å². The van der Waals surface area contributed by atoms with Gasteiger partial charge in [-0.2, -0.15) is 19.2 Å². The van der Waals surface area contributed by atoms with E-state index in [1.54, 1.807) is 47.0 Å². The molecule has 0 aliphatic carbocycles. The van der Waals surface area contributed by atoms with Crippen molar-refractivity contribution in [2.75, 3.05) is 0 Å². The number of aryl methyl sites for hydroxylation is 1. The van der Waals surface area contributed by atoms with Gasteiger partial charge in [-0.25, -0.2) is 19.0 Å². The van der Waals surface area contributed by atoms with Gasteiger partial charge in [0.2, 0.25) is 0 Å². The maximum Gasteiger partial charge on any atom is 1.00 e. The average Bonchev–Trinajstić information content (AvgIpc) is 3.52. The van der Waals surface area contributed by atoms with Crippen LogP contribution >= 0.6 is 46.4 Å². The van der Waals surface area contributed by atoms with Crippen LogP contribution < -0.4 is 30.2 Å². The molecule has 0 aliphatic heterocycles. The molecule has 0 amide bonds. The summed E-state index contributed by atoms with van der Waals surface area (Å²) in [5, 5.41) is 10.5. The second kappa shape index (κ2) is 20.2. The van der Waals surface area contributed by atoms with E-state index in [9.17, 15) is 9.59 Å². The van der Waals surface area contributed by atoms with Crippen molar-refractivity contribution in [3.8, 4) is 0 Å². The first-order valence-corrected chi connectivity index (χ1v) is 14.6. The van der Waals surface area contributed by atoms with Gasteiger partial charge in [0, 0.05) is 12.4 Å².